The number of amides is 1. The Morgan fingerprint density at radius 1 is 1.16 bits per heavy atom. The van der Waals surface area contributed by atoms with Gasteiger partial charge in [0.15, 0.2) is 5.58 Å². The van der Waals surface area contributed by atoms with Crippen LogP contribution < -0.4 is 0 Å². The second-order valence-corrected chi connectivity index (χ2v) is 6.46. The number of carbonyl (C=O) groups is 1. The van der Waals surface area contributed by atoms with Crippen LogP contribution in [0.1, 0.15) is 16.1 Å². The van der Waals surface area contributed by atoms with Gasteiger partial charge < -0.3 is 13.9 Å². The molecule has 6 heteroatoms. The third-order valence-electron chi connectivity index (χ3n) is 4.84. The average Bonchev–Trinajstić information content (AvgIpc) is 3.18. The molecule has 0 atom stereocenters. The SMILES string of the molecule is Cn1c(C(=O)N2CCN(Cc3cccc(F)c3)CC2)cc2occc21. The maximum atomic E-state index is 13.3. The van der Waals surface area contributed by atoms with Crippen LogP contribution in [0.15, 0.2) is 47.1 Å². The van der Waals surface area contributed by atoms with Gasteiger partial charge in [-0.15, -0.1) is 0 Å². The van der Waals surface area contributed by atoms with Gasteiger partial charge in [-0.2, -0.15) is 0 Å². The Bertz CT molecular complexity index is 906. The van der Waals surface area contributed by atoms with Crippen LogP contribution in [0, 0.1) is 5.82 Å². The van der Waals surface area contributed by atoms with Crippen LogP contribution in [0.4, 0.5) is 4.39 Å². The predicted octanol–water partition coefficient (Wildman–Crippen LogP) is 2.87. The van der Waals surface area contributed by atoms with Crippen LogP contribution in [0.3, 0.4) is 0 Å². The Morgan fingerprint density at radius 2 is 1.96 bits per heavy atom. The summed E-state index contributed by atoms with van der Waals surface area (Å²) in [6, 6.07) is 10.3. The predicted molar refractivity (Wildman–Crippen MR) is 92.8 cm³/mol. The van der Waals surface area contributed by atoms with Crippen molar-refractivity contribution in [3.05, 3.63) is 59.7 Å². The Hall–Kier alpha value is -2.60. The third kappa shape index (κ3) is 3.05. The summed E-state index contributed by atoms with van der Waals surface area (Å²) in [4.78, 5) is 16.9. The second kappa shape index (κ2) is 6.37. The fraction of sp³-hybridized carbons (Fsp3) is 0.316. The summed E-state index contributed by atoms with van der Waals surface area (Å²) in [5.74, 6) is -0.182. The van der Waals surface area contributed by atoms with Crippen molar-refractivity contribution in [3.63, 3.8) is 0 Å². The van der Waals surface area contributed by atoms with E-state index in [2.05, 4.69) is 4.90 Å². The van der Waals surface area contributed by atoms with E-state index in [1.165, 1.54) is 6.07 Å². The Balaban J connectivity index is 1.40. The van der Waals surface area contributed by atoms with Crippen LogP contribution in [0.2, 0.25) is 0 Å². The number of rotatable bonds is 3. The van der Waals surface area contributed by atoms with Crippen LogP contribution in [-0.2, 0) is 13.6 Å². The lowest BCUT2D eigenvalue weighted by atomic mass is 10.2. The van der Waals surface area contributed by atoms with E-state index in [9.17, 15) is 9.18 Å². The first-order chi connectivity index (χ1) is 12.1. The molecule has 1 aromatic carbocycles. The van der Waals surface area contributed by atoms with Crippen LogP contribution >= 0.6 is 0 Å². The lowest BCUT2D eigenvalue weighted by molar-refractivity contribution is 0.0619. The molecule has 3 aromatic rings. The topological polar surface area (TPSA) is 41.6 Å². The van der Waals surface area contributed by atoms with Gasteiger partial charge in [0.2, 0.25) is 0 Å². The summed E-state index contributed by atoms with van der Waals surface area (Å²) < 4.78 is 20.5. The summed E-state index contributed by atoms with van der Waals surface area (Å²) >= 11 is 0. The highest BCUT2D eigenvalue weighted by molar-refractivity contribution is 5.97. The molecule has 5 nitrogen and oxygen atoms in total. The summed E-state index contributed by atoms with van der Waals surface area (Å²) in [6.07, 6.45) is 1.63. The van der Waals surface area contributed by atoms with Gasteiger partial charge in [0.1, 0.15) is 11.5 Å². The van der Waals surface area contributed by atoms with Gasteiger partial charge in [-0.1, -0.05) is 12.1 Å². The second-order valence-electron chi connectivity index (χ2n) is 6.46. The van der Waals surface area contributed by atoms with Gasteiger partial charge in [-0.25, -0.2) is 4.39 Å². The van der Waals surface area contributed by atoms with Gasteiger partial charge in [-0.05, 0) is 17.7 Å². The molecular formula is C19H20FN3O2. The normalized spacial score (nSPS) is 15.8. The molecule has 1 aliphatic rings. The maximum Gasteiger partial charge on any atom is 0.270 e. The molecule has 2 aromatic heterocycles. The number of piperazine rings is 1. The number of furan rings is 1. The number of hydrogen-bond acceptors (Lipinski definition) is 3. The van der Waals surface area contributed by atoms with Crippen molar-refractivity contribution in [1.29, 1.82) is 0 Å². The Kier molecular flexibility index (Phi) is 4.05. The number of aryl methyl sites for hydroxylation is 1. The summed E-state index contributed by atoms with van der Waals surface area (Å²) in [5, 5.41) is 0. The average molecular weight is 341 g/mol. The molecule has 1 aliphatic heterocycles. The van der Waals surface area contributed by atoms with Gasteiger partial charge in [0.25, 0.3) is 5.91 Å². The van der Waals surface area contributed by atoms with Crippen molar-refractivity contribution in [2.45, 2.75) is 6.54 Å². The molecule has 0 spiro atoms. The lowest BCUT2D eigenvalue weighted by Gasteiger charge is -2.34. The lowest BCUT2D eigenvalue weighted by Crippen LogP contribution is -2.48. The highest BCUT2D eigenvalue weighted by Crippen LogP contribution is 2.21. The minimum atomic E-state index is -0.209. The standard InChI is InChI=1S/C19H20FN3O2/c1-21-16-5-10-25-18(16)12-17(21)19(24)23-8-6-22(7-9-23)13-14-3-2-4-15(20)11-14/h2-5,10-12H,6-9,13H2,1H3. The number of aromatic nitrogens is 1. The van der Waals surface area contributed by atoms with Crippen LogP contribution in [0.25, 0.3) is 11.1 Å². The fourth-order valence-electron chi connectivity index (χ4n) is 3.42. The monoisotopic (exact) mass is 341 g/mol. The molecule has 1 fully saturated rings. The molecule has 1 amide bonds. The van der Waals surface area contributed by atoms with Gasteiger partial charge in [-0.3, -0.25) is 9.69 Å². The molecular weight excluding hydrogens is 321 g/mol. The zero-order valence-electron chi connectivity index (χ0n) is 14.1. The first-order valence-corrected chi connectivity index (χ1v) is 8.41. The smallest absolute Gasteiger partial charge is 0.270 e. The largest absolute Gasteiger partial charge is 0.463 e. The highest BCUT2D eigenvalue weighted by Gasteiger charge is 2.25. The van der Waals surface area contributed by atoms with Crippen molar-refractivity contribution < 1.29 is 13.6 Å². The van der Waals surface area contributed by atoms with E-state index in [-0.39, 0.29) is 11.7 Å². The van der Waals surface area contributed by atoms with Gasteiger partial charge in [0.05, 0.1) is 11.8 Å². The van der Waals surface area contributed by atoms with E-state index >= 15 is 0 Å². The molecule has 0 bridgehead atoms. The summed E-state index contributed by atoms with van der Waals surface area (Å²) in [5.41, 5.74) is 3.26. The fourth-order valence-corrected chi connectivity index (χ4v) is 3.42. The van der Waals surface area contributed by atoms with Crippen molar-refractivity contribution >= 4 is 17.0 Å². The van der Waals surface area contributed by atoms with Gasteiger partial charge >= 0.3 is 0 Å². The minimum Gasteiger partial charge on any atom is -0.463 e. The zero-order valence-corrected chi connectivity index (χ0v) is 14.1. The first kappa shape index (κ1) is 15.9. The van der Waals surface area contributed by atoms with Crippen molar-refractivity contribution in [1.82, 2.24) is 14.4 Å². The number of fused-ring (bicyclic) bond motifs is 1. The molecule has 0 saturated carbocycles. The molecule has 1 saturated heterocycles. The quantitative estimate of drug-likeness (QED) is 0.736. The van der Waals surface area contributed by atoms with Crippen LogP contribution in [0.5, 0.6) is 0 Å². The first-order valence-electron chi connectivity index (χ1n) is 8.41. The molecule has 0 N–H and O–H groups in total. The van der Waals surface area contributed by atoms with E-state index in [4.69, 9.17) is 4.42 Å². The molecule has 130 valence electrons. The number of carbonyl (C=O) groups excluding carboxylic acids is 1. The van der Waals surface area contributed by atoms with E-state index in [0.29, 0.717) is 25.3 Å². The maximum absolute atomic E-state index is 13.3. The molecule has 0 radical (unpaired) electrons. The molecule has 0 unspecified atom stereocenters. The van der Waals surface area contributed by atoms with E-state index in [1.54, 1.807) is 24.5 Å². The van der Waals surface area contributed by atoms with E-state index in [0.717, 1.165) is 29.8 Å². The molecule has 25 heavy (non-hydrogen) atoms. The summed E-state index contributed by atoms with van der Waals surface area (Å²) in [7, 11) is 1.88. The Morgan fingerprint density at radius 3 is 2.68 bits per heavy atom. The van der Waals surface area contributed by atoms with Crippen LogP contribution in [-0.4, -0.2) is 46.5 Å². The number of halogens is 1. The number of nitrogens with zero attached hydrogens (tertiary/aromatic N) is 3. The highest BCUT2D eigenvalue weighted by atomic mass is 19.1. The molecule has 4 rings (SSSR count). The summed E-state index contributed by atoms with van der Waals surface area (Å²) in [6.45, 7) is 3.60. The van der Waals surface area contributed by atoms with E-state index in [1.807, 2.05) is 28.6 Å². The number of benzene rings is 1. The van der Waals surface area contributed by atoms with Crippen molar-refractivity contribution in [2.24, 2.45) is 7.05 Å². The van der Waals surface area contributed by atoms with Gasteiger partial charge in [0, 0.05) is 51.9 Å². The molecule has 3 heterocycles. The van der Waals surface area contributed by atoms with E-state index < -0.39 is 0 Å². The Labute approximate surface area is 145 Å². The third-order valence-corrected chi connectivity index (χ3v) is 4.84. The minimum absolute atomic E-state index is 0.0271. The molecule has 0 aliphatic carbocycles. The van der Waals surface area contributed by atoms with Crippen molar-refractivity contribution in [3.8, 4) is 0 Å². The van der Waals surface area contributed by atoms with Crippen molar-refractivity contribution in [2.75, 3.05) is 26.2 Å². The zero-order chi connectivity index (χ0) is 17.4. The number of hydrogen-bond donors (Lipinski definition) is 0.